The Kier molecular flexibility index (Phi) is 3.99. The predicted octanol–water partition coefficient (Wildman–Crippen LogP) is 0.179. The molecule has 0 spiro atoms. The van der Waals surface area contributed by atoms with Gasteiger partial charge in [0.1, 0.15) is 12.2 Å². The first-order chi connectivity index (χ1) is 4.38. The van der Waals surface area contributed by atoms with Gasteiger partial charge in [-0.1, -0.05) is 0 Å². The van der Waals surface area contributed by atoms with Gasteiger partial charge in [0.05, 0.1) is 6.54 Å². The Hall–Kier alpha value is -0.610. The third-order valence-electron chi connectivity index (χ3n) is 1.22. The van der Waals surface area contributed by atoms with Crippen LogP contribution in [0.1, 0.15) is 12.7 Å². The smallest absolute Gasteiger partial charge is 0.146 e. The Labute approximate surface area is 65.8 Å². The summed E-state index contributed by atoms with van der Waals surface area (Å²) < 4.78 is 1.92. The summed E-state index contributed by atoms with van der Waals surface area (Å²) >= 11 is 0. The molecule has 58 valence electrons. The van der Waals surface area contributed by atoms with Gasteiger partial charge in [-0.15, -0.1) is 22.6 Å². The van der Waals surface area contributed by atoms with Crippen LogP contribution in [0.2, 0.25) is 0 Å². The molecule has 5 heteroatoms. The molecule has 0 aliphatic heterocycles. The van der Waals surface area contributed by atoms with E-state index in [-0.39, 0.29) is 12.4 Å². The lowest BCUT2D eigenvalue weighted by Gasteiger charge is -1.96. The quantitative estimate of drug-likeness (QED) is 0.675. The normalized spacial score (nSPS) is 9.00. The van der Waals surface area contributed by atoms with Gasteiger partial charge in [-0.2, -0.15) is 0 Å². The summed E-state index contributed by atoms with van der Waals surface area (Å²) in [5.41, 5.74) is 5.35. The van der Waals surface area contributed by atoms with E-state index < -0.39 is 0 Å². The van der Waals surface area contributed by atoms with Gasteiger partial charge in [0, 0.05) is 6.54 Å². The van der Waals surface area contributed by atoms with Crippen LogP contribution in [-0.2, 0) is 13.1 Å². The molecule has 2 N–H and O–H groups in total. The number of nitrogens with zero attached hydrogens (tertiary/aromatic N) is 3. The third-order valence-corrected chi connectivity index (χ3v) is 1.22. The molecule has 0 fully saturated rings. The fraction of sp³-hybridized carbons (Fsp3) is 0.600. The lowest BCUT2D eigenvalue weighted by Crippen LogP contribution is -2.06. The number of aryl methyl sites for hydroxylation is 1. The average molecular weight is 163 g/mol. The molecular formula is C5H11ClN4. The fourth-order valence-electron chi connectivity index (χ4n) is 0.701. The number of rotatable bonds is 2. The molecule has 0 amide bonds. The molecule has 1 heterocycles. The van der Waals surface area contributed by atoms with Crippen LogP contribution in [-0.4, -0.2) is 14.8 Å². The molecule has 10 heavy (non-hydrogen) atoms. The first-order valence-electron chi connectivity index (χ1n) is 2.95. The van der Waals surface area contributed by atoms with Gasteiger partial charge in [0.2, 0.25) is 0 Å². The van der Waals surface area contributed by atoms with Crippen LogP contribution < -0.4 is 5.73 Å². The number of aromatic nitrogens is 3. The molecule has 0 unspecified atom stereocenters. The van der Waals surface area contributed by atoms with E-state index in [9.17, 15) is 0 Å². The first-order valence-corrected chi connectivity index (χ1v) is 2.95. The van der Waals surface area contributed by atoms with E-state index in [4.69, 9.17) is 5.73 Å². The molecule has 0 aliphatic carbocycles. The molecule has 0 saturated heterocycles. The Balaban J connectivity index is 0.000000810. The van der Waals surface area contributed by atoms with Crippen molar-refractivity contribution in [3.8, 4) is 0 Å². The van der Waals surface area contributed by atoms with Crippen LogP contribution in [0.25, 0.3) is 0 Å². The van der Waals surface area contributed by atoms with Crippen molar-refractivity contribution in [3.63, 3.8) is 0 Å². The van der Waals surface area contributed by atoms with Crippen molar-refractivity contribution in [2.24, 2.45) is 5.73 Å². The van der Waals surface area contributed by atoms with E-state index >= 15 is 0 Å². The molecule has 1 aromatic rings. The van der Waals surface area contributed by atoms with Crippen LogP contribution in [0.3, 0.4) is 0 Å². The summed E-state index contributed by atoms with van der Waals surface area (Å²) in [6.45, 7) is 3.38. The number of hydrogen-bond acceptors (Lipinski definition) is 3. The summed E-state index contributed by atoms with van der Waals surface area (Å²) in [6.07, 6.45) is 1.68. The molecule has 4 nitrogen and oxygen atoms in total. The third kappa shape index (κ3) is 1.68. The molecular weight excluding hydrogens is 152 g/mol. The maximum absolute atomic E-state index is 5.35. The highest BCUT2D eigenvalue weighted by Crippen LogP contribution is 1.90. The van der Waals surface area contributed by atoms with Gasteiger partial charge < -0.3 is 10.3 Å². The summed E-state index contributed by atoms with van der Waals surface area (Å²) in [4.78, 5) is 0. The molecule has 0 radical (unpaired) electrons. The minimum atomic E-state index is 0. The topological polar surface area (TPSA) is 56.7 Å². The highest BCUT2D eigenvalue weighted by molar-refractivity contribution is 5.85. The van der Waals surface area contributed by atoms with Crippen molar-refractivity contribution in [2.45, 2.75) is 20.0 Å². The van der Waals surface area contributed by atoms with Crippen LogP contribution in [0.4, 0.5) is 0 Å². The molecule has 1 rings (SSSR count). The van der Waals surface area contributed by atoms with Gasteiger partial charge in [0.15, 0.2) is 0 Å². The van der Waals surface area contributed by atoms with Gasteiger partial charge in [-0.25, -0.2) is 0 Å². The van der Waals surface area contributed by atoms with Crippen molar-refractivity contribution >= 4 is 12.4 Å². The van der Waals surface area contributed by atoms with Gasteiger partial charge in [0.25, 0.3) is 0 Å². The van der Waals surface area contributed by atoms with Gasteiger partial charge in [-0.05, 0) is 6.92 Å². The van der Waals surface area contributed by atoms with E-state index in [1.165, 1.54) is 0 Å². The van der Waals surface area contributed by atoms with Crippen LogP contribution in [0.5, 0.6) is 0 Å². The fourth-order valence-corrected chi connectivity index (χ4v) is 0.701. The van der Waals surface area contributed by atoms with Crippen LogP contribution in [0, 0.1) is 0 Å². The maximum atomic E-state index is 5.35. The van der Waals surface area contributed by atoms with Crippen molar-refractivity contribution in [1.82, 2.24) is 14.8 Å². The highest BCUT2D eigenvalue weighted by atomic mass is 35.5. The van der Waals surface area contributed by atoms with E-state index in [0.717, 1.165) is 12.4 Å². The van der Waals surface area contributed by atoms with Crippen molar-refractivity contribution in [1.29, 1.82) is 0 Å². The largest absolute Gasteiger partial charge is 0.324 e. The number of nitrogens with two attached hydrogens (primary N) is 1. The van der Waals surface area contributed by atoms with Crippen LogP contribution in [0.15, 0.2) is 6.33 Å². The predicted molar refractivity (Wildman–Crippen MR) is 40.8 cm³/mol. The van der Waals surface area contributed by atoms with Crippen molar-refractivity contribution in [3.05, 3.63) is 12.2 Å². The number of hydrogen-bond donors (Lipinski definition) is 1. The van der Waals surface area contributed by atoms with Crippen molar-refractivity contribution in [2.75, 3.05) is 0 Å². The Bertz CT molecular complexity index is 167. The van der Waals surface area contributed by atoms with Crippen LogP contribution >= 0.6 is 12.4 Å². The second-order valence-corrected chi connectivity index (χ2v) is 1.74. The molecule has 0 aromatic carbocycles. The summed E-state index contributed by atoms with van der Waals surface area (Å²) in [5.74, 6) is 0.845. The maximum Gasteiger partial charge on any atom is 0.146 e. The second-order valence-electron chi connectivity index (χ2n) is 1.74. The Morgan fingerprint density at radius 2 is 2.40 bits per heavy atom. The minimum Gasteiger partial charge on any atom is -0.324 e. The molecule has 1 aromatic heterocycles. The van der Waals surface area contributed by atoms with Gasteiger partial charge >= 0.3 is 0 Å². The summed E-state index contributed by atoms with van der Waals surface area (Å²) in [6, 6.07) is 0. The number of halogens is 1. The lowest BCUT2D eigenvalue weighted by atomic mass is 10.6. The van der Waals surface area contributed by atoms with Gasteiger partial charge in [-0.3, -0.25) is 0 Å². The SMILES string of the molecule is CCn1cnnc1CN.Cl. The molecule has 0 saturated carbocycles. The standard InChI is InChI=1S/C5H10N4.ClH/c1-2-9-4-7-8-5(9)3-6;/h4H,2-3,6H2,1H3;1H. The highest BCUT2D eigenvalue weighted by Gasteiger charge is 1.96. The van der Waals surface area contributed by atoms with E-state index in [1.807, 2.05) is 11.5 Å². The second kappa shape index (κ2) is 4.24. The molecule has 0 atom stereocenters. The zero-order chi connectivity index (χ0) is 6.69. The van der Waals surface area contributed by atoms with E-state index in [0.29, 0.717) is 6.54 Å². The monoisotopic (exact) mass is 162 g/mol. The zero-order valence-corrected chi connectivity index (χ0v) is 6.64. The zero-order valence-electron chi connectivity index (χ0n) is 5.82. The van der Waals surface area contributed by atoms with Crippen molar-refractivity contribution < 1.29 is 0 Å². The Morgan fingerprint density at radius 1 is 1.70 bits per heavy atom. The van der Waals surface area contributed by atoms with E-state index in [2.05, 4.69) is 10.2 Å². The summed E-state index contributed by atoms with van der Waals surface area (Å²) in [7, 11) is 0. The minimum absolute atomic E-state index is 0. The average Bonchev–Trinajstić information content (AvgIpc) is 2.33. The molecule has 0 aliphatic rings. The molecule has 0 bridgehead atoms. The Morgan fingerprint density at radius 3 is 2.80 bits per heavy atom. The van der Waals surface area contributed by atoms with E-state index in [1.54, 1.807) is 6.33 Å². The lowest BCUT2D eigenvalue weighted by molar-refractivity contribution is 0.698. The first kappa shape index (κ1) is 9.39. The summed E-state index contributed by atoms with van der Waals surface area (Å²) in [5, 5.41) is 7.49.